The molecule has 0 aromatic heterocycles. The van der Waals surface area contributed by atoms with E-state index in [0.29, 0.717) is 12.5 Å². The number of carbonyl (C=O) groups is 1. The van der Waals surface area contributed by atoms with Crippen LogP contribution in [0.15, 0.2) is 88.9 Å². The summed E-state index contributed by atoms with van der Waals surface area (Å²) in [5.41, 5.74) is 7.70. The standard InChI is InChI=1S/C35H43N3O2/c1-6-28(29-12-8-9-13-30(18-17-29)35(39)40-23-27-21-36-22-27)19-32-20-31(16-15-24(32)3)26(5)34(37-7-2)33-14-10-11-25(4)38-33/h6-7,9,12-16,19-20,27,30,36-37H,2-3,8,10-11,17-18,21-23H2,1,4-5H3/b13-9+,28-6+,29-12+,32-19-,34-26+. The van der Waals surface area contributed by atoms with Gasteiger partial charge in [0.1, 0.15) is 0 Å². The van der Waals surface area contributed by atoms with Gasteiger partial charge >= 0.3 is 5.97 Å². The molecule has 2 aliphatic heterocycles. The second kappa shape index (κ2) is 14.1. The van der Waals surface area contributed by atoms with Crippen LogP contribution in [0.25, 0.3) is 18.2 Å². The molecule has 2 N–H and O–H groups in total. The predicted octanol–water partition coefficient (Wildman–Crippen LogP) is 5.47. The number of nitrogens with one attached hydrogen (secondary N) is 2. The number of ether oxygens (including phenoxy) is 1. The van der Waals surface area contributed by atoms with E-state index in [4.69, 9.17) is 9.73 Å². The van der Waals surface area contributed by atoms with E-state index >= 15 is 0 Å². The number of esters is 1. The van der Waals surface area contributed by atoms with Gasteiger partial charge in [-0.15, -0.1) is 0 Å². The first-order chi connectivity index (χ1) is 19.4. The minimum Gasteiger partial charge on any atom is -0.465 e. The van der Waals surface area contributed by atoms with Crippen molar-refractivity contribution in [2.24, 2.45) is 16.8 Å². The first kappa shape index (κ1) is 29.3. The van der Waals surface area contributed by atoms with Gasteiger partial charge in [0.2, 0.25) is 0 Å². The van der Waals surface area contributed by atoms with Gasteiger partial charge in [-0.25, -0.2) is 0 Å². The number of nitrogens with zero attached hydrogens (tertiary/aromatic N) is 1. The SMILES string of the molecule is C=CN/C(C1=CCCC(C)=N1)=C(\C)c1ccc(=C)\c(=C/C(=C\C)C2=C/C/C=C/C(C(=O)OCC3CNC3)CC\2)c1. The number of benzene rings is 1. The van der Waals surface area contributed by atoms with Crippen molar-refractivity contribution in [1.29, 1.82) is 0 Å². The normalized spacial score (nSPS) is 23.3. The maximum Gasteiger partial charge on any atom is 0.312 e. The molecule has 1 unspecified atom stereocenters. The van der Waals surface area contributed by atoms with Crippen molar-refractivity contribution in [2.45, 2.75) is 52.9 Å². The van der Waals surface area contributed by atoms with E-state index in [1.807, 2.05) is 6.08 Å². The Kier molecular flexibility index (Phi) is 10.3. The van der Waals surface area contributed by atoms with Crippen LogP contribution in [0.5, 0.6) is 0 Å². The molecule has 0 bridgehead atoms. The van der Waals surface area contributed by atoms with Crippen LogP contribution in [0.1, 0.15) is 58.4 Å². The Morgan fingerprint density at radius 3 is 2.77 bits per heavy atom. The van der Waals surface area contributed by atoms with Gasteiger partial charge in [-0.1, -0.05) is 55.7 Å². The molecule has 1 aromatic rings. The van der Waals surface area contributed by atoms with Crippen LogP contribution in [-0.4, -0.2) is 31.4 Å². The highest BCUT2D eigenvalue weighted by Gasteiger charge is 2.23. The summed E-state index contributed by atoms with van der Waals surface area (Å²) < 4.78 is 5.63. The van der Waals surface area contributed by atoms with Gasteiger partial charge in [0.25, 0.3) is 0 Å². The predicted molar refractivity (Wildman–Crippen MR) is 168 cm³/mol. The van der Waals surface area contributed by atoms with Crippen LogP contribution in [0, 0.1) is 11.8 Å². The van der Waals surface area contributed by atoms with Gasteiger partial charge in [-0.2, -0.15) is 0 Å². The minimum atomic E-state index is -0.203. The van der Waals surface area contributed by atoms with Crippen molar-refractivity contribution >= 4 is 29.9 Å². The van der Waals surface area contributed by atoms with Crippen LogP contribution in [-0.2, 0) is 9.53 Å². The lowest BCUT2D eigenvalue weighted by Crippen LogP contribution is -2.45. The lowest BCUT2D eigenvalue weighted by Gasteiger charge is -2.27. The molecule has 1 saturated heterocycles. The highest BCUT2D eigenvalue weighted by molar-refractivity contribution is 5.85. The maximum absolute atomic E-state index is 12.8. The van der Waals surface area contributed by atoms with Gasteiger partial charge in [-0.05, 0) is 104 Å². The van der Waals surface area contributed by atoms with E-state index in [2.05, 4.69) is 93.1 Å². The van der Waals surface area contributed by atoms with Crippen molar-refractivity contribution in [2.75, 3.05) is 19.7 Å². The van der Waals surface area contributed by atoms with Crippen molar-refractivity contribution < 1.29 is 9.53 Å². The topological polar surface area (TPSA) is 62.7 Å². The molecule has 1 fully saturated rings. The van der Waals surface area contributed by atoms with E-state index in [0.717, 1.165) is 89.4 Å². The summed E-state index contributed by atoms with van der Waals surface area (Å²) in [6.45, 7) is 16.9. The average Bonchev–Trinajstić information content (AvgIpc) is 2.90. The molecule has 1 aliphatic carbocycles. The lowest BCUT2D eigenvalue weighted by atomic mass is 9.91. The summed E-state index contributed by atoms with van der Waals surface area (Å²) in [5.74, 6) is 0.139. The fourth-order valence-corrected chi connectivity index (χ4v) is 5.19. The Balaban J connectivity index is 1.57. The quantitative estimate of drug-likeness (QED) is 0.324. The van der Waals surface area contributed by atoms with Gasteiger partial charge in [0.15, 0.2) is 0 Å². The zero-order valence-electron chi connectivity index (χ0n) is 24.3. The molecular weight excluding hydrogens is 494 g/mol. The molecule has 0 amide bonds. The Morgan fingerprint density at radius 1 is 1.25 bits per heavy atom. The Labute approximate surface area is 239 Å². The summed E-state index contributed by atoms with van der Waals surface area (Å²) in [6.07, 6.45) is 19.0. The third kappa shape index (κ3) is 7.48. The number of rotatable bonds is 9. The van der Waals surface area contributed by atoms with Crippen molar-refractivity contribution in [1.82, 2.24) is 10.6 Å². The van der Waals surface area contributed by atoms with Crippen LogP contribution in [0.2, 0.25) is 0 Å². The Hall–Kier alpha value is -3.70. The van der Waals surface area contributed by atoms with E-state index in [1.54, 1.807) is 6.20 Å². The van der Waals surface area contributed by atoms with Crippen LogP contribution >= 0.6 is 0 Å². The lowest BCUT2D eigenvalue weighted by molar-refractivity contribution is -0.148. The van der Waals surface area contributed by atoms with Crippen molar-refractivity contribution in [3.05, 3.63) is 99.9 Å². The Morgan fingerprint density at radius 2 is 2.08 bits per heavy atom. The van der Waals surface area contributed by atoms with E-state index in [-0.39, 0.29) is 11.9 Å². The molecule has 0 radical (unpaired) electrons. The summed E-state index contributed by atoms with van der Waals surface area (Å²) in [5, 5.41) is 8.60. The van der Waals surface area contributed by atoms with E-state index in [9.17, 15) is 4.79 Å². The molecule has 1 aromatic carbocycles. The van der Waals surface area contributed by atoms with Gasteiger partial charge in [0, 0.05) is 24.7 Å². The zero-order chi connectivity index (χ0) is 28.5. The molecule has 2 heterocycles. The highest BCUT2D eigenvalue weighted by atomic mass is 16.5. The molecular formula is C35H43N3O2. The summed E-state index contributed by atoms with van der Waals surface area (Å²) >= 11 is 0. The zero-order valence-corrected chi connectivity index (χ0v) is 24.3. The first-order valence-corrected chi connectivity index (χ1v) is 14.4. The van der Waals surface area contributed by atoms with Gasteiger partial charge in [-0.3, -0.25) is 9.79 Å². The summed E-state index contributed by atoms with van der Waals surface area (Å²) in [4.78, 5) is 17.6. The highest BCUT2D eigenvalue weighted by Crippen LogP contribution is 2.27. The maximum atomic E-state index is 12.8. The van der Waals surface area contributed by atoms with Crippen LogP contribution in [0.3, 0.4) is 0 Å². The number of allylic oxidation sites excluding steroid dienone is 7. The molecule has 1 atom stereocenters. The molecule has 5 nitrogen and oxygen atoms in total. The van der Waals surface area contributed by atoms with Gasteiger partial charge in [0.05, 0.1) is 23.9 Å². The molecule has 0 spiro atoms. The summed E-state index contributed by atoms with van der Waals surface area (Å²) in [7, 11) is 0. The first-order valence-electron chi connectivity index (χ1n) is 14.4. The molecule has 4 rings (SSSR count). The second-order valence-electron chi connectivity index (χ2n) is 10.8. The average molecular weight is 538 g/mol. The number of hydrogen-bond acceptors (Lipinski definition) is 5. The molecule has 5 heteroatoms. The number of aliphatic imine (C=N–C) groups is 1. The van der Waals surface area contributed by atoms with Crippen molar-refractivity contribution in [3.8, 4) is 0 Å². The third-order valence-electron chi connectivity index (χ3n) is 7.83. The monoisotopic (exact) mass is 537 g/mol. The number of carbonyl (C=O) groups excluding carboxylic acids is 1. The molecule has 40 heavy (non-hydrogen) atoms. The van der Waals surface area contributed by atoms with Crippen LogP contribution < -0.4 is 21.1 Å². The van der Waals surface area contributed by atoms with E-state index in [1.165, 1.54) is 5.57 Å². The van der Waals surface area contributed by atoms with Crippen LogP contribution in [0.4, 0.5) is 0 Å². The minimum absolute atomic E-state index is 0.109. The third-order valence-corrected chi connectivity index (χ3v) is 7.83. The fourth-order valence-electron chi connectivity index (χ4n) is 5.19. The van der Waals surface area contributed by atoms with E-state index < -0.39 is 0 Å². The number of hydrogen-bond donors (Lipinski definition) is 2. The largest absolute Gasteiger partial charge is 0.465 e. The molecule has 0 saturated carbocycles. The Bertz CT molecular complexity index is 1420. The second-order valence-corrected chi connectivity index (χ2v) is 10.8. The molecule has 3 aliphatic rings. The fraction of sp³-hybridized carbons (Fsp3) is 0.371. The van der Waals surface area contributed by atoms with Gasteiger partial charge < -0.3 is 15.4 Å². The van der Waals surface area contributed by atoms with Crippen molar-refractivity contribution in [3.63, 3.8) is 0 Å². The summed E-state index contributed by atoms with van der Waals surface area (Å²) in [6, 6.07) is 6.39. The smallest absolute Gasteiger partial charge is 0.312 e. The molecule has 210 valence electrons.